The maximum atomic E-state index is 13.4. The number of carboxylic acids is 1. The highest BCUT2D eigenvalue weighted by atomic mass is 16.4. The van der Waals surface area contributed by atoms with Crippen molar-refractivity contribution in [2.75, 3.05) is 36.4 Å². The summed E-state index contributed by atoms with van der Waals surface area (Å²) in [7, 11) is 0. The van der Waals surface area contributed by atoms with E-state index in [4.69, 9.17) is 0 Å². The molecular formula is C33H32N6O5. The molecule has 11 heteroatoms. The van der Waals surface area contributed by atoms with Gasteiger partial charge in [-0.25, -0.2) is 0 Å². The summed E-state index contributed by atoms with van der Waals surface area (Å²) in [5, 5.41) is 15.2. The van der Waals surface area contributed by atoms with Crippen molar-refractivity contribution in [3.05, 3.63) is 120 Å². The van der Waals surface area contributed by atoms with Crippen LogP contribution in [-0.2, 0) is 4.79 Å². The van der Waals surface area contributed by atoms with Crippen LogP contribution >= 0.6 is 0 Å². The Morgan fingerprint density at radius 2 is 1.52 bits per heavy atom. The molecule has 3 heterocycles. The van der Waals surface area contributed by atoms with E-state index in [-0.39, 0.29) is 23.8 Å². The molecule has 1 unspecified atom stereocenters. The van der Waals surface area contributed by atoms with Gasteiger partial charge in [-0.3, -0.25) is 29.1 Å². The molecular weight excluding hydrogens is 560 g/mol. The minimum absolute atomic E-state index is 0.0888. The molecule has 2 aromatic heterocycles. The van der Waals surface area contributed by atoms with Crippen LogP contribution in [0.4, 0.5) is 11.4 Å². The molecule has 3 N–H and O–H groups in total. The van der Waals surface area contributed by atoms with Gasteiger partial charge < -0.3 is 25.5 Å². The number of hydrogen-bond acceptors (Lipinski definition) is 7. The van der Waals surface area contributed by atoms with Gasteiger partial charge in [-0.1, -0.05) is 24.3 Å². The van der Waals surface area contributed by atoms with Gasteiger partial charge in [0.2, 0.25) is 0 Å². The van der Waals surface area contributed by atoms with Crippen LogP contribution in [0.15, 0.2) is 97.6 Å². The molecule has 44 heavy (non-hydrogen) atoms. The number of carbonyl (C=O) groups excluding carboxylic acids is 3. The second-order valence-corrected chi connectivity index (χ2v) is 10.3. The van der Waals surface area contributed by atoms with Crippen molar-refractivity contribution in [3.8, 4) is 0 Å². The summed E-state index contributed by atoms with van der Waals surface area (Å²) in [6, 6.07) is 19.8. The molecule has 1 aliphatic rings. The average Bonchev–Trinajstić information content (AvgIpc) is 3.31. The van der Waals surface area contributed by atoms with Crippen LogP contribution in [0.3, 0.4) is 0 Å². The van der Waals surface area contributed by atoms with Gasteiger partial charge in [0, 0.05) is 62.1 Å². The first kappa shape index (κ1) is 29.9. The second-order valence-electron chi connectivity index (χ2n) is 10.3. The lowest BCUT2D eigenvalue weighted by atomic mass is 10.0. The fraction of sp³-hybridized carbons (Fsp3) is 0.212. The molecule has 1 aliphatic heterocycles. The zero-order valence-corrected chi connectivity index (χ0v) is 23.9. The van der Waals surface area contributed by atoms with E-state index in [9.17, 15) is 24.3 Å². The van der Waals surface area contributed by atoms with Gasteiger partial charge in [0.15, 0.2) is 0 Å². The van der Waals surface area contributed by atoms with Crippen molar-refractivity contribution in [3.63, 3.8) is 0 Å². The van der Waals surface area contributed by atoms with Gasteiger partial charge in [-0.05, 0) is 60.5 Å². The average molecular weight is 593 g/mol. The van der Waals surface area contributed by atoms with Crippen molar-refractivity contribution < 1.29 is 24.3 Å². The highest BCUT2D eigenvalue weighted by Crippen LogP contribution is 2.30. The van der Waals surface area contributed by atoms with Crippen LogP contribution < -0.4 is 15.5 Å². The zero-order chi connectivity index (χ0) is 30.9. The first-order chi connectivity index (χ1) is 21.4. The Hall–Kier alpha value is -5.58. The Morgan fingerprint density at radius 3 is 2.23 bits per heavy atom. The first-order valence-electron chi connectivity index (χ1n) is 14.3. The van der Waals surface area contributed by atoms with Crippen molar-refractivity contribution in [2.45, 2.75) is 18.9 Å². The number of benzene rings is 2. The molecule has 0 bridgehead atoms. The normalized spacial score (nSPS) is 13.8. The molecule has 1 saturated heterocycles. The highest BCUT2D eigenvalue weighted by Gasteiger charge is 2.24. The van der Waals surface area contributed by atoms with Crippen LogP contribution in [0.5, 0.6) is 0 Å². The largest absolute Gasteiger partial charge is 0.481 e. The summed E-state index contributed by atoms with van der Waals surface area (Å²) < 4.78 is 0. The lowest BCUT2D eigenvalue weighted by Gasteiger charge is -2.27. The number of nitrogens with one attached hydrogen (secondary N) is 2. The third kappa shape index (κ3) is 7.43. The zero-order valence-electron chi connectivity index (χ0n) is 23.9. The van der Waals surface area contributed by atoms with E-state index in [0.29, 0.717) is 60.7 Å². The smallest absolute Gasteiger partial charge is 0.305 e. The number of carbonyl (C=O) groups is 4. The van der Waals surface area contributed by atoms with Gasteiger partial charge in [0.05, 0.1) is 29.4 Å². The molecule has 3 amide bonds. The number of hydrogen-bond donors (Lipinski definition) is 3. The maximum absolute atomic E-state index is 13.4. The molecule has 224 valence electrons. The third-order valence-electron chi connectivity index (χ3n) is 7.35. The van der Waals surface area contributed by atoms with Crippen LogP contribution in [0.2, 0.25) is 0 Å². The molecule has 4 aromatic rings. The molecule has 2 aromatic carbocycles. The molecule has 1 atom stereocenters. The summed E-state index contributed by atoms with van der Waals surface area (Å²) in [6.07, 6.45) is 6.64. The molecule has 0 aliphatic carbocycles. The number of carboxylic acid groups (broad SMARTS) is 1. The van der Waals surface area contributed by atoms with Gasteiger partial charge in [-0.2, -0.15) is 0 Å². The van der Waals surface area contributed by atoms with Crippen molar-refractivity contribution in [1.29, 1.82) is 0 Å². The predicted molar refractivity (Wildman–Crippen MR) is 165 cm³/mol. The summed E-state index contributed by atoms with van der Waals surface area (Å²) in [5.41, 5.74) is 2.92. The Balaban J connectivity index is 1.40. The number of aromatic nitrogens is 2. The summed E-state index contributed by atoms with van der Waals surface area (Å²) in [6.45, 7) is 2.16. The SMILES string of the molecule is O=C(O)CC(NC(=O)c1ccc(N2CCCN(C(=O)c3cccnc3)CC2)c(NC(=O)c2ccccc2)c1)c1cccnc1. The monoisotopic (exact) mass is 592 g/mol. The number of amides is 3. The Labute approximate surface area is 254 Å². The standard InChI is InChI=1S/C33H32N6O5/c40-30(41)20-27(25-9-4-13-34-21-25)36-32(43)24-11-12-29(28(19-24)37-31(42)23-7-2-1-3-8-23)38-15-6-16-39(18-17-38)33(44)26-10-5-14-35-22-26/h1-5,7-14,19,21-22,27H,6,15-18,20H2,(H,36,43)(H,37,42)(H,40,41). The highest BCUT2D eigenvalue weighted by molar-refractivity contribution is 6.07. The van der Waals surface area contributed by atoms with Crippen molar-refractivity contribution in [2.24, 2.45) is 0 Å². The van der Waals surface area contributed by atoms with E-state index in [1.165, 1.54) is 6.20 Å². The van der Waals surface area contributed by atoms with Crippen LogP contribution in [0, 0.1) is 0 Å². The summed E-state index contributed by atoms with van der Waals surface area (Å²) >= 11 is 0. The second kappa shape index (κ2) is 14.1. The third-order valence-corrected chi connectivity index (χ3v) is 7.35. The van der Waals surface area contributed by atoms with Gasteiger partial charge in [0.25, 0.3) is 17.7 Å². The Kier molecular flexibility index (Phi) is 9.55. The van der Waals surface area contributed by atoms with E-state index < -0.39 is 17.9 Å². The maximum Gasteiger partial charge on any atom is 0.305 e. The number of nitrogens with zero attached hydrogens (tertiary/aromatic N) is 4. The van der Waals surface area contributed by atoms with Crippen LogP contribution in [0.1, 0.15) is 55.5 Å². The predicted octanol–water partition coefficient (Wildman–Crippen LogP) is 4.03. The number of rotatable bonds is 9. The van der Waals surface area contributed by atoms with E-state index in [0.717, 1.165) is 0 Å². The topological polar surface area (TPSA) is 145 Å². The Morgan fingerprint density at radius 1 is 0.773 bits per heavy atom. The van der Waals surface area contributed by atoms with Crippen molar-refractivity contribution in [1.82, 2.24) is 20.2 Å². The van der Waals surface area contributed by atoms with Gasteiger partial charge >= 0.3 is 5.97 Å². The van der Waals surface area contributed by atoms with Crippen LogP contribution in [0.25, 0.3) is 0 Å². The lowest BCUT2D eigenvalue weighted by molar-refractivity contribution is -0.137. The van der Waals surface area contributed by atoms with E-state index in [2.05, 4.69) is 25.5 Å². The molecule has 0 saturated carbocycles. The molecule has 11 nitrogen and oxygen atoms in total. The summed E-state index contributed by atoms with van der Waals surface area (Å²) in [5.74, 6) is -1.99. The van der Waals surface area contributed by atoms with E-state index in [1.54, 1.807) is 90.2 Å². The number of pyridine rings is 2. The number of aliphatic carboxylic acids is 1. The quantitative estimate of drug-likeness (QED) is 0.264. The molecule has 0 radical (unpaired) electrons. The van der Waals surface area contributed by atoms with Gasteiger partial charge in [0.1, 0.15) is 0 Å². The molecule has 5 rings (SSSR count). The van der Waals surface area contributed by atoms with Crippen LogP contribution in [-0.4, -0.2) is 69.8 Å². The Bertz CT molecular complexity index is 1620. The van der Waals surface area contributed by atoms with E-state index in [1.807, 2.05) is 6.07 Å². The fourth-order valence-corrected chi connectivity index (χ4v) is 5.12. The fourth-order valence-electron chi connectivity index (χ4n) is 5.12. The van der Waals surface area contributed by atoms with E-state index >= 15 is 0 Å². The van der Waals surface area contributed by atoms with Crippen molar-refractivity contribution >= 4 is 35.1 Å². The molecule has 1 fully saturated rings. The lowest BCUT2D eigenvalue weighted by Crippen LogP contribution is -2.35. The molecule has 0 spiro atoms. The first-order valence-corrected chi connectivity index (χ1v) is 14.3. The summed E-state index contributed by atoms with van der Waals surface area (Å²) in [4.78, 5) is 63.2. The number of anilines is 2. The minimum atomic E-state index is -1.07. The van der Waals surface area contributed by atoms with Gasteiger partial charge in [-0.15, -0.1) is 0 Å². The minimum Gasteiger partial charge on any atom is -0.481 e.